The molecule has 0 fully saturated rings. The lowest BCUT2D eigenvalue weighted by atomic mass is 9.99. The van der Waals surface area contributed by atoms with E-state index in [0.29, 0.717) is 23.7 Å². The number of carbonyl (C=O) groups excluding carboxylic acids is 1. The van der Waals surface area contributed by atoms with Gasteiger partial charge in [-0.15, -0.1) is 0 Å². The van der Waals surface area contributed by atoms with Crippen molar-refractivity contribution in [3.8, 4) is 0 Å². The molecule has 0 aliphatic rings. The van der Waals surface area contributed by atoms with E-state index in [1.54, 1.807) is 24.3 Å². The molecule has 0 saturated heterocycles. The van der Waals surface area contributed by atoms with E-state index in [1.807, 2.05) is 0 Å². The summed E-state index contributed by atoms with van der Waals surface area (Å²) in [7, 11) is -3.29. The van der Waals surface area contributed by atoms with Gasteiger partial charge in [-0.25, -0.2) is 8.42 Å². The highest BCUT2D eigenvalue weighted by atomic mass is 32.2. The smallest absolute Gasteiger partial charge is 0.251 e. The summed E-state index contributed by atoms with van der Waals surface area (Å²) in [6.07, 6.45) is 5.62. The Balaban J connectivity index is 2.55. The third-order valence-electron chi connectivity index (χ3n) is 3.54. The monoisotopic (exact) mass is 326 g/mol. The van der Waals surface area contributed by atoms with Gasteiger partial charge >= 0.3 is 0 Å². The Morgan fingerprint density at radius 1 is 1.18 bits per heavy atom. The number of sulfonamides is 1. The fraction of sp³-hybridized carbons (Fsp3) is 0.562. The molecule has 1 aromatic carbocycles. The van der Waals surface area contributed by atoms with Crippen LogP contribution in [0.2, 0.25) is 0 Å². The second-order valence-corrected chi connectivity index (χ2v) is 7.33. The Kier molecular flexibility index (Phi) is 7.38. The van der Waals surface area contributed by atoms with Crippen molar-refractivity contribution < 1.29 is 13.2 Å². The average Bonchev–Trinajstić information content (AvgIpc) is 2.46. The van der Waals surface area contributed by atoms with Crippen LogP contribution in [0.1, 0.15) is 49.9 Å². The van der Waals surface area contributed by atoms with E-state index in [4.69, 9.17) is 0 Å². The fourth-order valence-corrected chi connectivity index (χ4v) is 2.75. The molecule has 2 N–H and O–H groups in total. The zero-order valence-corrected chi connectivity index (χ0v) is 14.4. The van der Waals surface area contributed by atoms with Crippen molar-refractivity contribution in [3.63, 3.8) is 0 Å². The van der Waals surface area contributed by atoms with Crippen LogP contribution in [0.25, 0.3) is 0 Å². The van der Waals surface area contributed by atoms with E-state index in [0.717, 1.165) is 19.1 Å². The van der Waals surface area contributed by atoms with Gasteiger partial charge in [-0.05, 0) is 36.6 Å². The summed E-state index contributed by atoms with van der Waals surface area (Å²) >= 11 is 0. The molecule has 0 unspecified atom stereocenters. The minimum atomic E-state index is -3.29. The molecule has 1 aromatic rings. The highest BCUT2D eigenvalue weighted by Gasteiger charge is 2.10. The van der Waals surface area contributed by atoms with Crippen LogP contribution < -0.4 is 10.0 Å². The molecular formula is C16H26N2O3S. The van der Waals surface area contributed by atoms with Gasteiger partial charge in [-0.3, -0.25) is 9.52 Å². The molecule has 0 saturated carbocycles. The van der Waals surface area contributed by atoms with Gasteiger partial charge in [0.05, 0.1) is 6.26 Å². The Bertz CT molecular complexity index is 568. The molecule has 0 radical (unpaired) electrons. The van der Waals surface area contributed by atoms with Crippen LogP contribution in [-0.2, 0) is 10.0 Å². The van der Waals surface area contributed by atoms with Crippen LogP contribution in [0.15, 0.2) is 24.3 Å². The lowest BCUT2D eigenvalue weighted by molar-refractivity contribution is 0.0946. The number of carbonyl (C=O) groups is 1. The van der Waals surface area contributed by atoms with Crippen molar-refractivity contribution in [1.82, 2.24) is 5.32 Å². The topological polar surface area (TPSA) is 75.3 Å². The van der Waals surface area contributed by atoms with Crippen LogP contribution in [0.5, 0.6) is 0 Å². The van der Waals surface area contributed by atoms with Gasteiger partial charge in [0.15, 0.2) is 0 Å². The molecule has 0 aromatic heterocycles. The molecule has 0 bridgehead atoms. The van der Waals surface area contributed by atoms with Gasteiger partial charge < -0.3 is 5.32 Å². The van der Waals surface area contributed by atoms with E-state index >= 15 is 0 Å². The summed E-state index contributed by atoms with van der Waals surface area (Å²) in [5.41, 5.74) is 0.984. The molecule has 0 aliphatic heterocycles. The van der Waals surface area contributed by atoms with Crippen molar-refractivity contribution in [3.05, 3.63) is 29.8 Å². The Morgan fingerprint density at radius 2 is 1.82 bits per heavy atom. The highest BCUT2D eigenvalue weighted by Crippen LogP contribution is 2.13. The number of hydrogen-bond donors (Lipinski definition) is 2. The first-order valence-corrected chi connectivity index (χ1v) is 9.61. The van der Waals surface area contributed by atoms with Gasteiger partial charge in [-0.1, -0.05) is 33.1 Å². The normalized spacial score (nSPS) is 12.7. The minimum absolute atomic E-state index is 0.124. The van der Waals surface area contributed by atoms with Crippen LogP contribution in [0, 0.1) is 5.92 Å². The maximum atomic E-state index is 12.1. The molecule has 124 valence electrons. The molecule has 0 aliphatic carbocycles. The molecule has 1 atom stereocenters. The molecule has 5 nitrogen and oxygen atoms in total. The number of amides is 1. The van der Waals surface area contributed by atoms with Gasteiger partial charge in [0, 0.05) is 17.8 Å². The quantitative estimate of drug-likeness (QED) is 0.732. The van der Waals surface area contributed by atoms with Crippen molar-refractivity contribution in [2.75, 3.05) is 17.5 Å². The van der Waals surface area contributed by atoms with Gasteiger partial charge in [0.25, 0.3) is 5.91 Å². The number of anilines is 1. The Labute approximate surface area is 133 Å². The third-order valence-corrected chi connectivity index (χ3v) is 4.15. The fourth-order valence-electron chi connectivity index (χ4n) is 2.19. The summed E-state index contributed by atoms with van der Waals surface area (Å²) in [5, 5.41) is 2.95. The molecule has 22 heavy (non-hydrogen) atoms. The number of hydrogen-bond acceptors (Lipinski definition) is 3. The van der Waals surface area contributed by atoms with Crippen LogP contribution in [0.4, 0.5) is 5.69 Å². The number of rotatable bonds is 9. The maximum absolute atomic E-state index is 12.1. The van der Waals surface area contributed by atoms with Crippen molar-refractivity contribution >= 4 is 21.6 Å². The zero-order valence-electron chi connectivity index (χ0n) is 13.6. The predicted molar refractivity (Wildman–Crippen MR) is 90.5 cm³/mol. The zero-order chi connectivity index (χ0) is 16.6. The SMILES string of the molecule is CCCC[C@@H](CC)CNC(=O)c1ccc(NS(C)(=O)=O)cc1. The lowest BCUT2D eigenvalue weighted by Crippen LogP contribution is -2.29. The van der Waals surface area contributed by atoms with Crippen LogP contribution >= 0.6 is 0 Å². The maximum Gasteiger partial charge on any atom is 0.251 e. The van der Waals surface area contributed by atoms with E-state index in [1.165, 1.54) is 12.8 Å². The molecule has 1 amide bonds. The largest absolute Gasteiger partial charge is 0.352 e. The lowest BCUT2D eigenvalue weighted by Gasteiger charge is -2.15. The minimum Gasteiger partial charge on any atom is -0.352 e. The predicted octanol–water partition coefficient (Wildman–Crippen LogP) is 3.00. The summed E-state index contributed by atoms with van der Waals surface area (Å²) in [5.74, 6) is 0.385. The van der Waals surface area contributed by atoms with E-state index in [9.17, 15) is 13.2 Å². The first-order chi connectivity index (χ1) is 10.4. The Hall–Kier alpha value is -1.56. The highest BCUT2D eigenvalue weighted by molar-refractivity contribution is 7.92. The summed E-state index contributed by atoms with van der Waals surface area (Å²) in [6.45, 7) is 4.98. The molecule has 0 spiro atoms. The van der Waals surface area contributed by atoms with Gasteiger partial charge in [0.2, 0.25) is 10.0 Å². The molecule has 1 rings (SSSR count). The molecular weight excluding hydrogens is 300 g/mol. The van der Waals surface area contributed by atoms with Crippen LogP contribution in [0.3, 0.4) is 0 Å². The average molecular weight is 326 g/mol. The second kappa shape index (κ2) is 8.78. The standard InChI is InChI=1S/C16H26N2O3S/c1-4-6-7-13(5-2)12-17-16(19)14-8-10-15(11-9-14)18-22(3,20)21/h8-11,13,18H,4-7,12H2,1-3H3,(H,17,19)/t13-/m1/s1. The summed E-state index contributed by atoms with van der Waals surface area (Å²) in [4.78, 5) is 12.1. The van der Waals surface area contributed by atoms with Crippen molar-refractivity contribution in [2.45, 2.75) is 39.5 Å². The van der Waals surface area contributed by atoms with E-state index in [2.05, 4.69) is 23.9 Å². The van der Waals surface area contributed by atoms with Crippen molar-refractivity contribution in [2.24, 2.45) is 5.92 Å². The number of unbranched alkanes of at least 4 members (excludes halogenated alkanes) is 1. The van der Waals surface area contributed by atoms with Crippen molar-refractivity contribution in [1.29, 1.82) is 0 Å². The van der Waals surface area contributed by atoms with Gasteiger partial charge in [0.1, 0.15) is 0 Å². The van der Waals surface area contributed by atoms with Crippen LogP contribution in [-0.4, -0.2) is 27.1 Å². The van der Waals surface area contributed by atoms with E-state index < -0.39 is 10.0 Å². The summed E-state index contributed by atoms with van der Waals surface area (Å²) < 4.78 is 24.6. The first-order valence-electron chi connectivity index (χ1n) is 7.71. The number of nitrogens with one attached hydrogen (secondary N) is 2. The molecule has 0 heterocycles. The second-order valence-electron chi connectivity index (χ2n) is 5.58. The Morgan fingerprint density at radius 3 is 2.32 bits per heavy atom. The van der Waals surface area contributed by atoms with E-state index in [-0.39, 0.29) is 5.91 Å². The molecule has 6 heteroatoms. The number of benzene rings is 1. The van der Waals surface area contributed by atoms with Gasteiger partial charge in [-0.2, -0.15) is 0 Å². The first kappa shape index (κ1) is 18.5. The third kappa shape index (κ3) is 6.93. The summed E-state index contributed by atoms with van der Waals surface area (Å²) in [6, 6.07) is 6.42.